The van der Waals surface area contributed by atoms with E-state index in [9.17, 15) is 13.2 Å². The number of sulfonamides is 1. The molecule has 1 aliphatic heterocycles. The first kappa shape index (κ1) is 21.0. The highest BCUT2D eigenvalue weighted by Gasteiger charge is 2.28. The molecule has 1 saturated heterocycles. The Hall–Kier alpha value is -2.20. The zero-order valence-electron chi connectivity index (χ0n) is 16.5. The molecule has 30 heavy (non-hydrogen) atoms. The van der Waals surface area contributed by atoms with Crippen LogP contribution in [0.4, 0.5) is 0 Å². The van der Waals surface area contributed by atoms with Gasteiger partial charge in [0.15, 0.2) is 5.43 Å². The molecule has 1 aliphatic rings. The van der Waals surface area contributed by atoms with Gasteiger partial charge < -0.3 is 9.30 Å². The number of ether oxygens (including phenoxy) is 1. The van der Waals surface area contributed by atoms with Crippen molar-refractivity contribution >= 4 is 36.9 Å². The molecule has 0 saturated carbocycles. The molecule has 0 bridgehead atoms. The molecule has 0 radical (unpaired) electrons. The number of hydrogen-bond donors (Lipinski definition) is 0. The SMILES string of the molecule is COc1ccc(S(=O)(=O)N2CCN(Cn3ccc(=O)c4cccc(Br)c43)CC2)cc1. The van der Waals surface area contributed by atoms with E-state index in [0.29, 0.717) is 44.0 Å². The summed E-state index contributed by atoms with van der Waals surface area (Å²) in [7, 11) is -1.99. The van der Waals surface area contributed by atoms with Gasteiger partial charge in [-0.2, -0.15) is 4.31 Å². The fraction of sp³-hybridized carbons (Fsp3) is 0.286. The number of aromatic nitrogens is 1. The quantitative estimate of drug-likeness (QED) is 0.548. The van der Waals surface area contributed by atoms with E-state index in [1.54, 1.807) is 43.6 Å². The largest absolute Gasteiger partial charge is 0.497 e. The number of fused-ring (bicyclic) bond motifs is 1. The molecule has 2 aromatic carbocycles. The second kappa shape index (κ2) is 8.50. The molecule has 3 aromatic rings. The Morgan fingerprint density at radius 2 is 1.70 bits per heavy atom. The summed E-state index contributed by atoms with van der Waals surface area (Å²) in [5.41, 5.74) is 0.830. The number of hydrogen-bond acceptors (Lipinski definition) is 5. The van der Waals surface area contributed by atoms with E-state index < -0.39 is 10.0 Å². The molecule has 1 fully saturated rings. The van der Waals surface area contributed by atoms with E-state index in [0.717, 1.165) is 9.99 Å². The Balaban J connectivity index is 1.48. The molecule has 0 N–H and O–H groups in total. The van der Waals surface area contributed by atoms with Gasteiger partial charge in [0, 0.05) is 48.3 Å². The molecule has 0 amide bonds. The summed E-state index contributed by atoms with van der Waals surface area (Å²) in [5, 5.41) is 0.660. The van der Waals surface area contributed by atoms with Crippen LogP contribution in [-0.4, -0.2) is 55.5 Å². The standard InChI is InChI=1S/C21H22BrN3O4S/c1-29-16-5-7-17(8-6-16)30(27,28)25-13-11-23(12-14-25)15-24-10-9-20(26)18-3-2-4-19(22)21(18)24/h2-10H,11-15H2,1H3. The number of pyridine rings is 1. The Labute approximate surface area is 183 Å². The molecule has 9 heteroatoms. The lowest BCUT2D eigenvalue weighted by Gasteiger charge is -2.34. The van der Waals surface area contributed by atoms with Crippen LogP contribution in [0.15, 0.2) is 68.9 Å². The highest BCUT2D eigenvalue weighted by atomic mass is 79.9. The number of para-hydroxylation sites is 1. The molecular formula is C21H22BrN3O4S. The Morgan fingerprint density at radius 1 is 1.00 bits per heavy atom. The Bertz CT molecular complexity index is 1220. The van der Waals surface area contributed by atoms with Gasteiger partial charge in [-0.15, -0.1) is 0 Å². The minimum Gasteiger partial charge on any atom is -0.497 e. The molecular weight excluding hydrogens is 470 g/mol. The van der Waals surface area contributed by atoms with Crippen LogP contribution in [0, 0.1) is 0 Å². The van der Waals surface area contributed by atoms with E-state index >= 15 is 0 Å². The summed E-state index contributed by atoms with van der Waals surface area (Å²) in [4.78, 5) is 14.6. The first-order chi connectivity index (χ1) is 14.4. The third-order valence-corrected chi connectivity index (χ3v) is 7.88. The highest BCUT2D eigenvalue weighted by molar-refractivity contribution is 9.10. The molecule has 0 aliphatic carbocycles. The van der Waals surface area contributed by atoms with Gasteiger partial charge in [0.1, 0.15) is 5.75 Å². The molecule has 2 heterocycles. The minimum atomic E-state index is -3.53. The summed E-state index contributed by atoms with van der Waals surface area (Å²) < 4.78 is 35.4. The lowest BCUT2D eigenvalue weighted by molar-refractivity contribution is 0.154. The maximum atomic E-state index is 12.9. The molecule has 0 atom stereocenters. The second-order valence-corrected chi connectivity index (χ2v) is 9.92. The van der Waals surface area contributed by atoms with Crippen molar-refractivity contribution in [2.45, 2.75) is 11.6 Å². The third-order valence-electron chi connectivity index (χ3n) is 5.33. The van der Waals surface area contributed by atoms with E-state index in [1.807, 2.05) is 22.8 Å². The Kier molecular flexibility index (Phi) is 5.97. The Morgan fingerprint density at radius 3 is 2.37 bits per heavy atom. The van der Waals surface area contributed by atoms with Crippen LogP contribution in [0.3, 0.4) is 0 Å². The number of benzene rings is 2. The van der Waals surface area contributed by atoms with Crippen LogP contribution in [0.1, 0.15) is 0 Å². The molecule has 1 aromatic heterocycles. The summed E-state index contributed by atoms with van der Waals surface area (Å²) in [6.45, 7) is 2.61. The topological polar surface area (TPSA) is 71.9 Å². The lowest BCUT2D eigenvalue weighted by Crippen LogP contribution is -2.48. The number of rotatable bonds is 5. The fourth-order valence-corrected chi connectivity index (χ4v) is 5.69. The van der Waals surface area contributed by atoms with Crippen molar-refractivity contribution in [3.05, 3.63) is 69.4 Å². The second-order valence-electron chi connectivity index (χ2n) is 7.12. The van der Waals surface area contributed by atoms with Crippen LogP contribution >= 0.6 is 15.9 Å². The van der Waals surface area contributed by atoms with Crippen LogP contribution in [0.25, 0.3) is 10.9 Å². The zero-order valence-corrected chi connectivity index (χ0v) is 18.9. The minimum absolute atomic E-state index is 0.0158. The van der Waals surface area contributed by atoms with Crippen LogP contribution in [-0.2, 0) is 16.7 Å². The monoisotopic (exact) mass is 491 g/mol. The first-order valence-corrected chi connectivity index (χ1v) is 11.8. The molecule has 0 unspecified atom stereocenters. The van der Waals surface area contributed by atoms with Crippen molar-refractivity contribution in [2.75, 3.05) is 33.3 Å². The maximum Gasteiger partial charge on any atom is 0.243 e. The van der Waals surface area contributed by atoms with E-state index in [1.165, 1.54) is 4.31 Å². The number of methoxy groups -OCH3 is 1. The summed E-state index contributed by atoms with van der Waals surface area (Å²) in [6.07, 6.45) is 1.79. The summed E-state index contributed by atoms with van der Waals surface area (Å²) in [5.74, 6) is 0.623. The van der Waals surface area contributed by atoms with Gasteiger partial charge >= 0.3 is 0 Å². The van der Waals surface area contributed by atoms with Crippen LogP contribution in [0.2, 0.25) is 0 Å². The predicted molar refractivity (Wildman–Crippen MR) is 119 cm³/mol. The van der Waals surface area contributed by atoms with Crippen molar-refractivity contribution in [2.24, 2.45) is 0 Å². The average Bonchev–Trinajstić information content (AvgIpc) is 2.76. The van der Waals surface area contributed by atoms with Gasteiger partial charge in [0.2, 0.25) is 10.0 Å². The third kappa shape index (κ3) is 4.02. The van der Waals surface area contributed by atoms with Crippen molar-refractivity contribution < 1.29 is 13.2 Å². The van der Waals surface area contributed by atoms with Gasteiger partial charge in [-0.1, -0.05) is 6.07 Å². The van der Waals surface area contributed by atoms with Crippen molar-refractivity contribution in [3.8, 4) is 5.75 Å². The van der Waals surface area contributed by atoms with Gasteiger partial charge in [0.25, 0.3) is 0 Å². The predicted octanol–water partition coefficient (Wildman–Crippen LogP) is 2.74. The average molecular weight is 492 g/mol. The molecule has 158 valence electrons. The van der Waals surface area contributed by atoms with Crippen molar-refractivity contribution in [1.29, 1.82) is 0 Å². The number of halogens is 1. The fourth-order valence-electron chi connectivity index (χ4n) is 3.67. The van der Waals surface area contributed by atoms with Gasteiger partial charge in [-0.05, 0) is 52.3 Å². The normalized spacial score (nSPS) is 16.1. The number of piperazine rings is 1. The molecule has 4 rings (SSSR count). The van der Waals surface area contributed by atoms with Gasteiger partial charge in [0.05, 0.1) is 24.2 Å². The van der Waals surface area contributed by atoms with Gasteiger partial charge in [-0.3, -0.25) is 9.69 Å². The maximum absolute atomic E-state index is 12.9. The van der Waals surface area contributed by atoms with Gasteiger partial charge in [-0.25, -0.2) is 8.42 Å². The summed E-state index contributed by atoms with van der Waals surface area (Å²) in [6, 6.07) is 13.6. The van der Waals surface area contributed by atoms with E-state index in [-0.39, 0.29) is 10.3 Å². The zero-order chi connectivity index (χ0) is 21.3. The molecule has 0 spiro atoms. The molecule has 7 nitrogen and oxygen atoms in total. The van der Waals surface area contributed by atoms with Crippen molar-refractivity contribution in [1.82, 2.24) is 13.8 Å². The van der Waals surface area contributed by atoms with Crippen LogP contribution < -0.4 is 10.2 Å². The van der Waals surface area contributed by atoms with Crippen LogP contribution in [0.5, 0.6) is 5.75 Å². The smallest absolute Gasteiger partial charge is 0.243 e. The van der Waals surface area contributed by atoms with E-state index in [4.69, 9.17) is 4.74 Å². The lowest BCUT2D eigenvalue weighted by atomic mass is 10.2. The van der Waals surface area contributed by atoms with Crippen molar-refractivity contribution in [3.63, 3.8) is 0 Å². The van der Waals surface area contributed by atoms with E-state index in [2.05, 4.69) is 20.8 Å². The first-order valence-electron chi connectivity index (χ1n) is 9.54. The highest BCUT2D eigenvalue weighted by Crippen LogP contribution is 2.23. The summed E-state index contributed by atoms with van der Waals surface area (Å²) >= 11 is 3.54. The number of nitrogens with zero attached hydrogens (tertiary/aromatic N) is 3.